The quantitative estimate of drug-likeness (QED) is 0.752. The van der Waals surface area contributed by atoms with Crippen LogP contribution in [0.2, 0.25) is 0 Å². The third-order valence-electron chi connectivity index (χ3n) is 2.84. The maximum absolute atomic E-state index is 12.1. The number of benzene rings is 1. The first-order valence-corrected chi connectivity index (χ1v) is 5.85. The molecule has 0 atom stereocenters. The van der Waals surface area contributed by atoms with Gasteiger partial charge in [-0.2, -0.15) is 0 Å². The predicted octanol–water partition coefficient (Wildman–Crippen LogP) is 0.889. The second kappa shape index (κ2) is 4.79. The Morgan fingerprint density at radius 3 is 2.76 bits per heavy atom. The maximum Gasteiger partial charge on any atom is 0.254 e. The first-order valence-electron chi connectivity index (χ1n) is 5.40. The molecule has 0 aromatic heterocycles. The van der Waals surface area contributed by atoms with Crippen molar-refractivity contribution in [1.29, 1.82) is 0 Å². The fourth-order valence-electron chi connectivity index (χ4n) is 1.75. The van der Waals surface area contributed by atoms with E-state index >= 15 is 0 Å². The largest absolute Gasteiger partial charge is 0.342 e. The summed E-state index contributed by atoms with van der Waals surface area (Å²) in [6.45, 7) is 1.33. The van der Waals surface area contributed by atoms with Crippen LogP contribution in [-0.4, -0.2) is 48.3 Å². The van der Waals surface area contributed by atoms with Gasteiger partial charge in [0.25, 0.3) is 5.91 Å². The van der Waals surface area contributed by atoms with Gasteiger partial charge in [-0.15, -0.1) is 12.6 Å². The van der Waals surface area contributed by atoms with Crippen molar-refractivity contribution in [3.63, 3.8) is 0 Å². The first kappa shape index (κ1) is 12.0. The number of hydrogen-bond acceptors (Lipinski definition) is 3. The van der Waals surface area contributed by atoms with Crippen LogP contribution in [0.4, 0.5) is 0 Å². The van der Waals surface area contributed by atoms with E-state index < -0.39 is 0 Å². The molecule has 0 unspecified atom stereocenters. The molecule has 2 amide bonds. The molecular weight excluding hydrogens is 236 g/mol. The summed E-state index contributed by atoms with van der Waals surface area (Å²) >= 11 is 4.20. The van der Waals surface area contributed by atoms with Crippen molar-refractivity contribution in [3.05, 3.63) is 29.8 Å². The maximum atomic E-state index is 12.1. The van der Waals surface area contributed by atoms with Crippen molar-refractivity contribution in [1.82, 2.24) is 9.80 Å². The molecule has 1 fully saturated rings. The normalized spacial score (nSPS) is 16.2. The number of hydrogen-bond donors (Lipinski definition) is 1. The average molecular weight is 250 g/mol. The van der Waals surface area contributed by atoms with E-state index in [0.717, 1.165) is 4.90 Å². The average Bonchev–Trinajstić information content (AvgIpc) is 2.32. The zero-order valence-electron chi connectivity index (χ0n) is 9.59. The standard InChI is InChI=1S/C12H14N2O2S/c1-13-5-6-14(8-11(13)15)12(16)9-3-2-4-10(17)7-9/h2-4,7,17H,5-6,8H2,1H3. The fourth-order valence-corrected chi connectivity index (χ4v) is 1.98. The minimum Gasteiger partial charge on any atom is -0.342 e. The summed E-state index contributed by atoms with van der Waals surface area (Å²) in [7, 11) is 1.75. The van der Waals surface area contributed by atoms with Crippen LogP contribution in [0.15, 0.2) is 29.2 Å². The van der Waals surface area contributed by atoms with Gasteiger partial charge in [-0.3, -0.25) is 9.59 Å². The molecule has 0 spiro atoms. The van der Waals surface area contributed by atoms with Gasteiger partial charge in [0.1, 0.15) is 6.54 Å². The zero-order chi connectivity index (χ0) is 12.4. The molecule has 0 bridgehead atoms. The van der Waals surface area contributed by atoms with Gasteiger partial charge in [-0.05, 0) is 18.2 Å². The van der Waals surface area contributed by atoms with Crippen LogP contribution in [0.1, 0.15) is 10.4 Å². The molecule has 1 heterocycles. The van der Waals surface area contributed by atoms with Crippen LogP contribution in [0.25, 0.3) is 0 Å². The number of amides is 2. The van der Waals surface area contributed by atoms with Gasteiger partial charge in [0.15, 0.2) is 0 Å². The van der Waals surface area contributed by atoms with E-state index in [1.54, 1.807) is 35.0 Å². The van der Waals surface area contributed by atoms with Crippen molar-refractivity contribution in [2.45, 2.75) is 4.90 Å². The van der Waals surface area contributed by atoms with Crippen LogP contribution in [0.5, 0.6) is 0 Å². The number of carbonyl (C=O) groups is 2. The molecule has 17 heavy (non-hydrogen) atoms. The van der Waals surface area contributed by atoms with Crippen LogP contribution in [0.3, 0.4) is 0 Å². The lowest BCUT2D eigenvalue weighted by Gasteiger charge is -2.32. The van der Waals surface area contributed by atoms with E-state index in [-0.39, 0.29) is 18.4 Å². The molecule has 2 rings (SSSR count). The molecule has 1 aliphatic rings. The summed E-state index contributed by atoms with van der Waals surface area (Å²) in [5.41, 5.74) is 0.579. The summed E-state index contributed by atoms with van der Waals surface area (Å²) in [6, 6.07) is 7.06. The second-order valence-electron chi connectivity index (χ2n) is 4.09. The van der Waals surface area contributed by atoms with E-state index in [1.807, 2.05) is 6.07 Å². The van der Waals surface area contributed by atoms with Crippen molar-refractivity contribution < 1.29 is 9.59 Å². The molecule has 1 aromatic carbocycles. The van der Waals surface area contributed by atoms with Gasteiger partial charge in [-0.25, -0.2) is 0 Å². The Morgan fingerprint density at radius 1 is 1.35 bits per heavy atom. The highest BCUT2D eigenvalue weighted by Gasteiger charge is 2.25. The van der Waals surface area contributed by atoms with Gasteiger partial charge in [0.05, 0.1) is 0 Å². The number of thiol groups is 1. The lowest BCUT2D eigenvalue weighted by molar-refractivity contribution is -0.133. The number of nitrogens with zero attached hydrogens (tertiary/aromatic N) is 2. The lowest BCUT2D eigenvalue weighted by Crippen LogP contribution is -2.50. The van der Waals surface area contributed by atoms with Crippen molar-refractivity contribution in [2.24, 2.45) is 0 Å². The summed E-state index contributed by atoms with van der Waals surface area (Å²) < 4.78 is 0. The van der Waals surface area contributed by atoms with Crippen LogP contribution < -0.4 is 0 Å². The Balaban J connectivity index is 2.13. The van der Waals surface area contributed by atoms with Crippen molar-refractivity contribution in [2.75, 3.05) is 26.7 Å². The Kier molecular flexibility index (Phi) is 3.38. The zero-order valence-corrected chi connectivity index (χ0v) is 10.5. The third kappa shape index (κ3) is 2.61. The molecule has 0 aliphatic carbocycles. The van der Waals surface area contributed by atoms with Crippen molar-refractivity contribution >= 4 is 24.4 Å². The Bertz CT molecular complexity index is 462. The smallest absolute Gasteiger partial charge is 0.254 e. The van der Waals surface area contributed by atoms with E-state index in [9.17, 15) is 9.59 Å². The van der Waals surface area contributed by atoms with Gasteiger partial charge in [-0.1, -0.05) is 6.07 Å². The highest BCUT2D eigenvalue weighted by Crippen LogP contribution is 2.12. The van der Waals surface area contributed by atoms with E-state index in [0.29, 0.717) is 18.7 Å². The van der Waals surface area contributed by atoms with E-state index in [2.05, 4.69) is 12.6 Å². The molecule has 0 N–H and O–H groups in total. The number of piperazine rings is 1. The van der Waals surface area contributed by atoms with Gasteiger partial charge in [0, 0.05) is 30.6 Å². The minimum absolute atomic E-state index is 0.0216. The SMILES string of the molecule is CN1CCN(C(=O)c2cccc(S)c2)CC1=O. The minimum atomic E-state index is -0.109. The molecule has 0 radical (unpaired) electrons. The number of likely N-dealkylation sites (N-methyl/N-ethyl adjacent to an activating group) is 1. The molecule has 0 saturated carbocycles. The van der Waals surface area contributed by atoms with Crippen molar-refractivity contribution in [3.8, 4) is 0 Å². The Morgan fingerprint density at radius 2 is 2.12 bits per heavy atom. The van der Waals surface area contributed by atoms with Crippen LogP contribution in [0, 0.1) is 0 Å². The number of rotatable bonds is 1. The predicted molar refractivity (Wildman–Crippen MR) is 67.2 cm³/mol. The summed E-state index contributed by atoms with van der Waals surface area (Å²) in [6.07, 6.45) is 0. The molecule has 90 valence electrons. The molecule has 4 nitrogen and oxygen atoms in total. The van der Waals surface area contributed by atoms with Crippen LogP contribution in [-0.2, 0) is 4.79 Å². The Labute approximate surface area is 106 Å². The van der Waals surface area contributed by atoms with E-state index in [1.165, 1.54) is 0 Å². The highest BCUT2D eigenvalue weighted by molar-refractivity contribution is 7.80. The second-order valence-corrected chi connectivity index (χ2v) is 4.61. The summed E-state index contributed by atoms with van der Waals surface area (Å²) in [4.78, 5) is 27.6. The molecule has 1 saturated heterocycles. The summed E-state index contributed by atoms with van der Waals surface area (Å²) in [5.74, 6) is -0.131. The first-order chi connectivity index (χ1) is 8.08. The van der Waals surface area contributed by atoms with Crippen LogP contribution >= 0.6 is 12.6 Å². The lowest BCUT2D eigenvalue weighted by atomic mass is 10.2. The molecule has 1 aliphatic heterocycles. The van der Waals surface area contributed by atoms with Gasteiger partial charge >= 0.3 is 0 Å². The monoisotopic (exact) mass is 250 g/mol. The fraction of sp³-hybridized carbons (Fsp3) is 0.333. The molecule has 5 heteroatoms. The third-order valence-corrected chi connectivity index (χ3v) is 3.12. The topological polar surface area (TPSA) is 40.6 Å². The van der Waals surface area contributed by atoms with Gasteiger partial charge < -0.3 is 9.80 Å². The molecular formula is C12H14N2O2S. The highest BCUT2D eigenvalue weighted by atomic mass is 32.1. The summed E-state index contributed by atoms with van der Waals surface area (Å²) in [5, 5.41) is 0. The van der Waals surface area contributed by atoms with E-state index in [4.69, 9.17) is 0 Å². The number of carbonyl (C=O) groups excluding carboxylic acids is 2. The van der Waals surface area contributed by atoms with Gasteiger partial charge in [0.2, 0.25) is 5.91 Å². The molecule has 1 aromatic rings. The Hall–Kier alpha value is -1.49.